The number of piperidine rings is 1. The molecule has 0 bridgehead atoms. The van der Waals surface area contributed by atoms with Crippen molar-refractivity contribution in [1.82, 2.24) is 4.31 Å². The summed E-state index contributed by atoms with van der Waals surface area (Å²) in [5, 5.41) is 0. The van der Waals surface area contributed by atoms with E-state index in [-0.39, 0.29) is 0 Å². The van der Waals surface area contributed by atoms with E-state index in [4.69, 9.17) is 4.74 Å². The number of hydrogen-bond donors (Lipinski definition) is 0. The number of rotatable bonds is 3. The van der Waals surface area contributed by atoms with Crippen LogP contribution in [-0.2, 0) is 10.0 Å². The highest BCUT2D eigenvalue weighted by Gasteiger charge is 2.30. The van der Waals surface area contributed by atoms with E-state index in [0.717, 1.165) is 40.6 Å². The molecule has 1 atom stereocenters. The van der Waals surface area contributed by atoms with E-state index in [2.05, 4.69) is 15.9 Å². The van der Waals surface area contributed by atoms with Crippen LogP contribution in [0.2, 0.25) is 0 Å². The molecule has 1 aromatic carbocycles. The quantitative estimate of drug-likeness (QED) is 0.830. The van der Waals surface area contributed by atoms with E-state index in [1.54, 1.807) is 0 Å². The van der Waals surface area contributed by atoms with Crippen LogP contribution in [0.25, 0.3) is 0 Å². The van der Waals surface area contributed by atoms with E-state index in [0.29, 0.717) is 6.54 Å². The second kappa shape index (κ2) is 6.03. The van der Waals surface area contributed by atoms with Crippen molar-refractivity contribution in [2.24, 2.45) is 0 Å². The second-order valence-corrected chi connectivity index (χ2v) is 8.04. The fourth-order valence-corrected chi connectivity index (χ4v) is 3.77. The molecule has 1 heterocycles. The van der Waals surface area contributed by atoms with E-state index >= 15 is 0 Å². The lowest BCUT2D eigenvalue weighted by Crippen LogP contribution is -2.46. The zero-order valence-corrected chi connectivity index (χ0v) is 14.4. The van der Waals surface area contributed by atoms with Gasteiger partial charge in [0.05, 0.1) is 6.26 Å². The van der Waals surface area contributed by atoms with E-state index < -0.39 is 16.3 Å². The maximum absolute atomic E-state index is 11.8. The van der Waals surface area contributed by atoms with Crippen LogP contribution in [0.5, 0.6) is 5.75 Å². The van der Waals surface area contributed by atoms with Gasteiger partial charge in [0.2, 0.25) is 10.0 Å². The third kappa shape index (κ3) is 3.54. The highest BCUT2D eigenvalue weighted by molar-refractivity contribution is 9.10. The standard InChI is InChI=1S/C14H20BrNO3S/c1-10-8-12(9-11(2)14(10)15)19-13-6-4-5-7-16(13)20(3,17)18/h8-9,13H,4-7H2,1-3H3. The average Bonchev–Trinajstić information content (AvgIpc) is 2.35. The molecule has 20 heavy (non-hydrogen) atoms. The average molecular weight is 362 g/mol. The van der Waals surface area contributed by atoms with Crippen molar-refractivity contribution < 1.29 is 13.2 Å². The Morgan fingerprint density at radius 2 is 1.85 bits per heavy atom. The van der Waals surface area contributed by atoms with Gasteiger partial charge in [-0.05, 0) is 56.4 Å². The zero-order chi connectivity index (χ0) is 14.9. The Labute approximate surface area is 129 Å². The summed E-state index contributed by atoms with van der Waals surface area (Å²) in [4.78, 5) is 0. The maximum Gasteiger partial charge on any atom is 0.214 e. The van der Waals surface area contributed by atoms with Crippen molar-refractivity contribution in [1.29, 1.82) is 0 Å². The molecule has 0 radical (unpaired) electrons. The number of halogens is 1. The van der Waals surface area contributed by atoms with Crippen LogP contribution in [0, 0.1) is 13.8 Å². The minimum Gasteiger partial charge on any atom is -0.474 e. The lowest BCUT2D eigenvalue weighted by Gasteiger charge is -2.33. The monoisotopic (exact) mass is 361 g/mol. The first-order chi connectivity index (χ1) is 9.29. The fourth-order valence-electron chi connectivity index (χ4n) is 2.50. The Morgan fingerprint density at radius 3 is 2.40 bits per heavy atom. The maximum atomic E-state index is 11.8. The van der Waals surface area contributed by atoms with Gasteiger partial charge in [0.15, 0.2) is 6.23 Å². The summed E-state index contributed by atoms with van der Waals surface area (Å²) in [7, 11) is -3.22. The molecule has 1 aliphatic heterocycles. The Hall–Kier alpha value is -0.590. The third-order valence-electron chi connectivity index (χ3n) is 3.51. The van der Waals surface area contributed by atoms with Crippen molar-refractivity contribution in [3.8, 4) is 5.75 Å². The zero-order valence-electron chi connectivity index (χ0n) is 12.0. The van der Waals surface area contributed by atoms with Crippen LogP contribution in [-0.4, -0.2) is 31.8 Å². The number of aryl methyl sites for hydroxylation is 2. The molecule has 1 aromatic rings. The number of hydrogen-bond acceptors (Lipinski definition) is 3. The normalized spacial score (nSPS) is 20.9. The van der Waals surface area contributed by atoms with Crippen molar-refractivity contribution in [3.05, 3.63) is 27.7 Å². The SMILES string of the molecule is Cc1cc(OC2CCCCN2S(C)(=O)=O)cc(C)c1Br. The van der Waals surface area contributed by atoms with Crippen molar-refractivity contribution in [2.75, 3.05) is 12.8 Å². The van der Waals surface area contributed by atoms with Gasteiger partial charge in [0.1, 0.15) is 5.75 Å². The van der Waals surface area contributed by atoms with Crippen molar-refractivity contribution in [3.63, 3.8) is 0 Å². The summed E-state index contributed by atoms with van der Waals surface area (Å²) in [6, 6.07) is 3.87. The van der Waals surface area contributed by atoms with Gasteiger partial charge in [-0.2, -0.15) is 4.31 Å². The molecular weight excluding hydrogens is 342 g/mol. The summed E-state index contributed by atoms with van der Waals surface area (Å²) >= 11 is 3.52. The molecule has 0 spiro atoms. The number of nitrogens with zero attached hydrogens (tertiary/aromatic N) is 1. The van der Waals surface area contributed by atoms with Gasteiger partial charge >= 0.3 is 0 Å². The molecule has 0 saturated carbocycles. The third-order valence-corrected chi connectivity index (χ3v) is 6.03. The second-order valence-electron chi connectivity index (χ2n) is 5.31. The van der Waals surface area contributed by atoms with Crippen LogP contribution in [0.1, 0.15) is 30.4 Å². The highest BCUT2D eigenvalue weighted by Crippen LogP contribution is 2.29. The Balaban J connectivity index is 2.23. The molecule has 4 nitrogen and oxygen atoms in total. The molecule has 1 unspecified atom stereocenters. The molecule has 1 aliphatic rings. The molecule has 0 aromatic heterocycles. The largest absolute Gasteiger partial charge is 0.474 e. The Kier molecular flexibility index (Phi) is 4.76. The summed E-state index contributed by atoms with van der Waals surface area (Å²) < 4.78 is 32.1. The smallest absolute Gasteiger partial charge is 0.214 e. The summed E-state index contributed by atoms with van der Waals surface area (Å²) in [6.07, 6.45) is 3.48. The minimum absolute atomic E-state index is 0.390. The summed E-state index contributed by atoms with van der Waals surface area (Å²) in [5.74, 6) is 0.726. The van der Waals surface area contributed by atoms with Crippen LogP contribution < -0.4 is 4.74 Å². The predicted molar refractivity (Wildman–Crippen MR) is 83.4 cm³/mol. The number of benzene rings is 1. The molecule has 0 aliphatic carbocycles. The summed E-state index contributed by atoms with van der Waals surface area (Å²) in [6.45, 7) is 4.54. The Morgan fingerprint density at radius 1 is 1.25 bits per heavy atom. The van der Waals surface area contributed by atoms with Gasteiger partial charge in [-0.1, -0.05) is 15.9 Å². The van der Waals surface area contributed by atoms with Crippen molar-refractivity contribution >= 4 is 26.0 Å². The van der Waals surface area contributed by atoms with Crippen molar-refractivity contribution in [2.45, 2.75) is 39.3 Å². The fraction of sp³-hybridized carbons (Fsp3) is 0.571. The topological polar surface area (TPSA) is 46.6 Å². The first-order valence-corrected chi connectivity index (χ1v) is 9.33. The van der Waals surface area contributed by atoms with Crippen LogP contribution in [0.4, 0.5) is 0 Å². The summed E-state index contributed by atoms with van der Waals surface area (Å²) in [5.41, 5.74) is 2.17. The molecule has 1 fully saturated rings. The lowest BCUT2D eigenvalue weighted by molar-refractivity contribution is 0.0561. The van der Waals surface area contributed by atoms with Gasteiger partial charge in [-0.3, -0.25) is 0 Å². The molecular formula is C14H20BrNO3S. The van der Waals surface area contributed by atoms with Gasteiger partial charge in [-0.25, -0.2) is 8.42 Å². The molecule has 2 rings (SSSR count). The van der Waals surface area contributed by atoms with E-state index in [1.807, 2.05) is 26.0 Å². The van der Waals surface area contributed by atoms with Gasteiger partial charge in [0, 0.05) is 11.0 Å². The molecule has 6 heteroatoms. The predicted octanol–water partition coefficient (Wildman–Crippen LogP) is 3.22. The Bertz CT molecular complexity index is 577. The molecule has 0 amide bonds. The van der Waals surface area contributed by atoms with E-state index in [1.165, 1.54) is 10.6 Å². The number of ether oxygens (including phenoxy) is 1. The van der Waals surface area contributed by atoms with Crippen LogP contribution in [0.3, 0.4) is 0 Å². The minimum atomic E-state index is -3.22. The lowest BCUT2D eigenvalue weighted by atomic mass is 10.1. The van der Waals surface area contributed by atoms with Crippen LogP contribution in [0.15, 0.2) is 16.6 Å². The molecule has 1 saturated heterocycles. The first kappa shape index (κ1) is 15.8. The van der Waals surface area contributed by atoms with Gasteiger partial charge in [0.25, 0.3) is 0 Å². The number of sulfonamides is 1. The molecule has 112 valence electrons. The first-order valence-electron chi connectivity index (χ1n) is 6.69. The molecule has 0 N–H and O–H groups in total. The van der Waals surface area contributed by atoms with Crippen LogP contribution >= 0.6 is 15.9 Å². The van der Waals surface area contributed by atoms with E-state index in [9.17, 15) is 8.42 Å². The van der Waals surface area contributed by atoms with Gasteiger partial charge < -0.3 is 4.74 Å². The van der Waals surface area contributed by atoms with Gasteiger partial charge in [-0.15, -0.1) is 0 Å². The highest BCUT2D eigenvalue weighted by atomic mass is 79.9.